The van der Waals surface area contributed by atoms with Crippen LogP contribution in [0.4, 0.5) is 0 Å². The van der Waals surface area contributed by atoms with E-state index >= 15 is 0 Å². The van der Waals surface area contributed by atoms with Crippen LogP contribution in [0.2, 0.25) is 0 Å². The number of guanidine groups is 1. The quantitative estimate of drug-likeness (QED) is 0.326. The molecule has 0 fully saturated rings. The largest absolute Gasteiger partial charge is 0.356 e. The summed E-state index contributed by atoms with van der Waals surface area (Å²) in [6, 6.07) is 21.1. The summed E-state index contributed by atoms with van der Waals surface area (Å²) in [4.78, 5) is 16.8. The molecule has 0 radical (unpaired) electrons. The highest BCUT2D eigenvalue weighted by Gasteiger charge is 2.17. The smallest absolute Gasteiger partial charge is 0.345 e. The highest BCUT2D eigenvalue weighted by Crippen LogP contribution is 2.23. The lowest BCUT2D eigenvalue weighted by atomic mass is 9.91. The van der Waals surface area contributed by atoms with E-state index in [0.717, 1.165) is 57.1 Å². The van der Waals surface area contributed by atoms with E-state index in [1.165, 1.54) is 11.1 Å². The van der Waals surface area contributed by atoms with Crippen molar-refractivity contribution < 1.29 is 0 Å². The molecule has 0 atom stereocenters. The Morgan fingerprint density at radius 2 is 1.72 bits per heavy atom. The lowest BCUT2D eigenvalue weighted by molar-refractivity contribution is 0.509. The Morgan fingerprint density at radius 1 is 1.03 bits per heavy atom. The number of aromatic nitrogens is 3. The molecule has 1 aliphatic heterocycles. The zero-order chi connectivity index (χ0) is 22.2. The van der Waals surface area contributed by atoms with Crippen LogP contribution < -0.4 is 16.3 Å². The first-order valence-corrected chi connectivity index (χ1v) is 11.5. The van der Waals surface area contributed by atoms with E-state index in [2.05, 4.69) is 69.3 Å². The van der Waals surface area contributed by atoms with Crippen LogP contribution in [0.5, 0.6) is 0 Å². The summed E-state index contributed by atoms with van der Waals surface area (Å²) >= 11 is 0. The third-order valence-corrected chi connectivity index (χ3v) is 5.97. The first-order valence-electron chi connectivity index (χ1n) is 11.5. The van der Waals surface area contributed by atoms with Crippen molar-refractivity contribution in [1.29, 1.82) is 0 Å². The number of hydrogen-bond donors (Lipinski definition) is 2. The van der Waals surface area contributed by atoms with Crippen LogP contribution in [0.1, 0.15) is 42.1 Å². The lowest BCUT2D eigenvalue weighted by Gasteiger charge is -2.20. The maximum atomic E-state index is 12.5. The van der Waals surface area contributed by atoms with Crippen LogP contribution in [-0.4, -0.2) is 40.4 Å². The molecule has 0 aliphatic carbocycles. The topological polar surface area (TPSA) is 76.2 Å². The van der Waals surface area contributed by atoms with Crippen molar-refractivity contribution in [2.75, 3.05) is 20.1 Å². The zero-order valence-corrected chi connectivity index (χ0v) is 18.7. The summed E-state index contributed by atoms with van der Waals surface area (Å²) in [6.07, 6.45) is 3.89. The second-order valence-corrected chi connectivity index (χ2v) is 8.14. The number of nitrogens with one attached hydrogen (secondary N) is 2. The van der Waals surface area contributed by atoms with Crippen LogP contribution in [0.3, 0.4) is 0 Å². The van der Waals surface area contributed by atoms with Gasteiger partial charge in [0, 0.05) is 45.6 Å². The molecule has 4 rings (SSSR count). The monoisotopic (exact) mass is 432 g/mol. The molecule has 0 saturated heterocycles. The molecule has 1 aliphatic rings. The number of aliphatic imine (C=N–C) groups is 1. The van der Waals surface area contributed by atoms with Crippen LogP contribution in [0.25, 0.3) is 0 Å². The maximum Gasteiger partial charge on any atom is 0.345 e. The molecule has 0 amide bonds. The summed E-state index contributed by atoms with van der Waals surface area (Å²) < 4.78 is 3.43. The van der Waals surface area contributed by atoms with Crippen LogP contribution in [0.15, 0.2) is 70.5 Å². The SMILES string of the molecule is CN=C(NCCCn1nc2n(c1=O)CCCC2)NCC(c1ccccc1)c1ccccc1. The third kappa shape index (κ3) is 5.28. The molecule has 7 heteroatoms. The van der Waals surface area contributed by atoms with E-state index in [0.29, 0.717) is 6.54 Å². The fraction of sp³-hybridized carbons (Fsp3) is 0.400. The molecule has 0 spiro atoms. The molecule has 3 aromatic rings. The number of nitrogens with zero attached hydrogens (tertiary/aromatic N) is 4. The minimum atomic E-state index is 0.0239. The van der Waals surface area contributed by atoms with E-state index in [9.17, 15) is 4.79 Å². The summed E-state index contributed by atoms with van der Waals surface area (Å²) in [5.74, 6) is 1.92. The molecule has 2 aromatic carbocycles. The van der Waals surface area contributed by atoms with Crippen molar-refractivity contribution >= 4 is 5.96 Å². The van der Waals surface area contributed by atoms with Gasteiger partial charge in [0.15, 0.2) is 5.96 Å². The molecular formula is C25H32N6O. The van der Waals surface area contributed by atoms with Gasteiger partial charge in [0.2, 0.25) is 0 Å². The van der Waals surface area contributed by atoms with Gasteiger partial charge in [0.25, 0.3) is 0 Å². The van der Waals surface area contributed by atoms with Gasteiger partial charge in [0.1, 0.15) is 5.82 Å². The standard InChI is InChI=1S/C25H32N6O/c1-26-24(27-16-10-18-31-25(32)30-17-9-8-15-23(30)29-31)28-19-22(20-11-4-2-5-12-20)21-13-6-3-7-14-21/h2-7,11-14,22H,8-10,15-19H2,1H3,(H2,26,27,28). The molecule has 2 N–H and O–H groups in total. The minimum absolute atomic E-state index is 0.0239. The molecular weight excluding hydrogens is 400 g/mol. The third-order valence-electron chi connectivity index (χ3n) is 5.97. The molecule has 0 unspecified atom stereocenters. The van der Waals surface area contributed by atoms with Gasteiger partial charge in [-0.15, -0.1) is 0 Å². The van der Waals surface area contributed by atoms with Gasteiger partial charge in [-0.25, -0.2) is 9.48 Å². The van der Waals surface area contributed by atoms with Gasteiger partial charge >= 0.3 is 5.69 Å². The number of hydrogen-bond acceptors (Lipinski definition) is 3. The van der Waals surface area contributed by atoms with Crippen molar-refractivity contribution in [3.05, 3.63) is 88.1 Å². The van der Waals surface area contributed by atoms with Crippen molar-refractivity contribution in [2.24, 2.45) is 4.99 Å². The molecule has 0 bridgehead atoms. The summed E-state index contributed by atoms with van der Waals surface area (Å²) in [6.45, 7) is 2.86. The van der Waals surface area contributed by atoms with E-state index < -0.39 is 0 Å². The predicted molar refractivity (Wildman–Crippen MR) is 128 cm³/mol. The number of rotatable bonds is 8. The average molecular weight is 433 g/mol. The highest BCUT2D eigenvalue weighted by molar-refractivity contribution is 5.79. The first-order chi connectivity index (χ1) is 15.8. The van der Waals surface area contributed by atoms with Crippen LogP contribution >= 0.6 is 0 Å². The van der Waals surface area contributed by atoms with Crippen molar-refractivity contribution in [1.82, 2.24) is 25.0 Å². The molecule has 32 heavy (non-hydrogen) atoms. The predicted octanol–water partition coefficient (Wildman–Crippen LogP) is 2.77. The van der Waals surface area contributed by atoms with Crippen molar-refractivity contribution in [3.63, 3.8) is 0 Å². The Kier molecular flexibility index (Phi) is 7.38. The fourth-order valence-electron chi connectivity index (χ4n) is 4.25. The highest BCUT2D eigenvalue weighted by atomic mass is 16.2. The van der Waals surface area contributed by atoms with E-state index in [-0.39, 0.29) is 11.6 Å². The second kappa shape index (κ2) is 10.8. The average Bonchev–Trinajstić information content (AvgIpc) is 3.17. The van der Waals surface area contributed by atoms with Gasteiger partial charge in [-0.1, -0.05) is 60.7 Å². The molecule has 7 nitrogen and oxygen atoms in total. The van der Waals surface area contributed by atoms with E-state index in [1.54, 1.807) is 11.7 Å². The Bertz CT molecular complexity index is 1030. The van der Waals surface area contributed by atoms with Crippen molar-refractivity contribution in [2.45, 2.75) is 44.7 Å². The molecule has 168 valence electrons. The van der Waals surface area contributed by atoms with E-state index in [4.69, 9.17) is 0 Å². The van der Waals surface area contributed by atoms with Gasteiger partial charge in [-0.3, -0.25) is 9.56 Å². The Balaban J connectivity index is 1.30. The molecule has 0 saturated carbocycles. The molecule has 1 aromatic heterocycles. The van der Waals surface area contributed by atoms with Crippen LogP contribution in [-0.2, 0) is 19.5 Å². The zero-order valence-electron chi connectivity index (χ0n) is 18.7. The first kappa shape index (κ1) is 21.9. The van der Waals surface area contributed by atoms with E-state index in [1.807, 2.05) is 16.7 Å². The Hall–Kier alpha value is -3.35. The Morgan fingerprint density at radius 3 is 2.34 bits per heavy atom. The van der Waals surface area contributed by atoms with Gasteiger partial charge in [-0.2, -0.15) is 5.10 Å². The normalized spacial score (nSPS) is 13.8. The Labute approximate surface area is 189 Å². The van der Waals surface area contributed by atoms with Gasteiger partial charge in [0.05, 0.1) is 0 Å². The summed E-state index contributed by atoms with van der Waals surface area (Å²) in [5, 5.41) is 11.3. The fourth-order valence-corrected chi connectivity index (χ4v) is 4.25. The number of aryl methyl sites for hydroxylation is 2. The van der Waals surface area contributed by atoms with Gasteiger partial charge in [-0.05, 0) is 30.4 Å². The lowest BCUT2D eigenvalue weighted by Crippen LogP contribution is -2.40. The van der Waals surface area contributed by atoms with Crippen molar-refractivity contribution in [3.8, 4) is 0 Å². The van der Waals surface area contributed by atoms with Crippen LogP contribution in [0, 0.1) is 0 Å². The summed E-state index contributed by atoms with van der Waals surface area (Å²) in [5.41, 5.74) is 2.56. The maximum absolute atomic E-state index is 12.5. The van der Waals surface area contributed by atoms with Gasteiger partial charge < -0.3 is 10.6 Å². The minimum Gasteiger partial charge on any atom is -0.356 e. The number of fused-ring (bicyclic) bond motifs is 1. The second-order valence-electron chi connectivity index (χ2n) is 8.14. The number of benzene rings is 2. The molecule has 2 heterocycles. The summed E-state index contributed by atoms with van der Waals surface area (Å²) in [7, 11) is 1.78.